The van der Waals surface area contributed by atoms with Gasteiger partial charge in [-0.25, -0.2) is 4.98 Å². The van der Waals surface area contributed by atoms with Crippen LogP contribution in [-0.2, 0) is 6.42 Å². The number of aromatic nitrogens is 1. The van der Waals surface area contributed by atoms with Crippen LogP contribution in [0.15, 0.2) is 83.9 Å². The van der Waals surface area contributed by atoms with E-state index in [-0.39, 0.29) is 18.2 Å². The van der Waals surface area contributed by atoms with Crippen molar-refractivity contribution in [2.45, 2.75) is 45.6 Å². The molecule has 0 aliphatic rings. The Kier molecular flexibility index (Phi) is 8.63. The molecule has 0 amide bonds. The molecule has 1 heterocycles. The van der Waals surface area contributed by atoms with Crippen LogP contribution in [0.2, 0.25) is 0 Å². The van der Waals surface area contributed by atoms with E-state index >= 15 is 0 Å². The van der Waals surface area contributed by atoms with Crippen molar-refractivity contribution in [1.82, 2.24) is 4.98 Å². The minimum atomic E-state index is 0.0698. The predicted molar refractivity (Wildman–Crippen MR) is 149 cm³/mol. The highest BCUT2D eigenvalue weighted by molar-refractivity contribution is 7.22. The molecule has 0 bridgehead atoms. The van der Waals surface area contributed by atoms with E-state index in [9.17, 15) is 4.79 Å². The quantitative estimate of drug-likeness (QED) is 0.134. The fourth-order valence-corrected chi connectivity index (χ4v) is 4.77. The lowest BCUT2D eigenvalue weighted by molar-refractivity contribution is 0.100. The molecule has 0 aliphatic carbocycles. The number of hydrogen-bond acceptors (Lipinski definition) is 5. The number of thiazole rings is 1. The van der Waals surface area contributed by atoms with E-state index in [4.69, 9.17) is 4.99 Å². The molecule has 0 saturated heterocycles. The summed E-state index contributed by atoms with van der Waals surface area (Å²) in [7, 11) is 0. The fourth-order valence-electron chi connectivity index (χ4n) is 3.87. The number of amidine groups is 1. The first-order chi connectivity index (χ1) is 17.1. The van der Waals surface area contributed by atoms with Gasteiger partial charge in [-0.1, -0.05) is 79.8 Å². The maximum absolute atomic E-state index is 12.8. The van der Waals surface area contributed by atoms with E-state index in [1.807, 2.05) is 48.5 Å². The molecule has 6 heteroatoms. The van der Waals surface area contributed by atoms with E-state index in [2.05, 4.69) is 59.8 Å². The Morgan fingerprint density at radius 1 is 0.943 bits per heavy atom. The number of fused-ring (bicyclic) bond motifs is 1. The summed E-state index contributed by atoms with van der Waals surface area (Å²) in [6.07, 6.45) is 3.05. The third kappa shape index (κ3) is 6.99. The van der Waals surface area contributed by atoms with Crippen LogP contribution in [0.3, 0.4) is 0 Å². The molecular weight excluding hydrogens is 452 g/mol. The minimum Gasteiger partial charge on any atom is -0.361 e. The second kappa shape index (κ2) is 12.3. The molecule has 2 N–H and O–H groups in total. The monoisotopic (exact) mass is 484 g/mol. The normalized spacial score (nSPS) is 11.7. The van der Waals surface area contributed by atoms with Gasteiger partial charge in [0.15, 0.2) is 10.9 Å². The number of Topliss-reactive ketones (excluding diaryl/α,β-unsaturated/α-hetero) is 1. The smallest absolute Gasteiger partial charge is 0.183 e. The van der Waals surface area contributed by atoms with Gasteiger partial charge in [-0.15, -0.1) is 0 Å². The molecule has 35 heavy (non-hydrogen) atoms. The summed E-state index contributed by atoms with van der Waals surface area (Å²) in [4.78, 5) is 22.3. The van der Waals surface area contributed by atoms with Gasteiger partial charge in [0.2, 0.25) is 0 Å². The highest BCUT2D eigenvalue weighted by Gasteiger charge is 2.13. The molecule has 0 atom stereocenters. The molecule has 0 unspecified atom stereocenters. The number of carbonyl (C=O) groups excluding carboxylic acids is 1. The Morgan fingerprint density at radius 3 is 2.37 bits per heavy atom. The van der Waals surface area contributed by atoms with Crippen LogP contribution in [0.4, 0.5) is 10.8 Å². The Bertz CT molecular complexity index is 1230. The van der Waals surface area contributed by atoms with Crippen LogP contribution in [0, 0.1) is 0 Å². The number of hydrogen-bond donors (Lipinski definition) is 2. The van der Waals surface area contributed by atoms with Crippen molar-refractivity contribution in [2.75, 3.05) is 17.2 Å². The summed E-state index contributed by atoms with van der Waals surface area (Å²) in [5.74, 6) is 0.790. The molecule has 0 radical (unpaired) electrons. The summed E-state index contributed by atoms with van der Waals surface area (Å²) in [5, 5.41) is 7.80. The van der Waals surface area contributed by atoms with E-state index < -0.39 is 0 Å². The van der Waals surface area contributed by atoms with Crippen molar-refractivity contribution >= 4 is 44.0 Å². The van der Waals surface area contributed by atoms with Crippen LogP contribution in [0.1, 0.15) is 49.0 Å². The summed E-state index contributed by atoms with van der Waals surface area (Å²) >= 11 is 1.68. The molecule has 4 aromatic rings. The topological polar surface area (TPSA) is 66.4 Å². The first-order valence-electron chi connectivity index (χ1n) is 12.2. The van der Waals surface area contributed by atoms with E-state index in [0.29, 0.717) is 5.56 Å². The molecule has 0 spiro atoms. The highest BCUT2D eigenvalue weighted by Crippen LogP contribution is 2.25. The standard InChI is InChI=1S/C29H32N4OS/c1-3-23(4-2)31-28(20-26(34)22-10-6-5-7-11-22)32-24-16-14-21(15-17-24)18-19-30-29-33-25-12-8-9-13-27(25)35-29/h5-17,23H,3-4,18-20H2,1-2H3,(H,30,33)(H,31,32). The van der Waals surface area contributed by atoms with Gasteiger partial charge in [0.05, 0.1) is 22.7 Å². The number of para-hydroxylation sites is 1. The number of nitrogens with zero attached hydrogens (tertiary/aromatic N) is 2. The van der Waals surface area contributed by atoms with Crippen LogP contribution < -0.4 is 10.6 Å². The summed E-state index contributed by atoms with van der Waals surface area (Å²) < 4.78 is 1.20. The van der Waals surface area contributed by atoms with Crippen LogP contribution in [0.25, 0.3) is 10.2 Å². The Morgan fingerprint density at radius 2 is 1.66 bits per heavy atom. The lowest BCUT2D eigenvalue weighted by Gasteiger charge is -2.14. The van der Waals surface area contributed by atoms with Crippen molar-refractivity contribution in [3.63, 3.8) is 0 Å². The van der Waals surface area contributed by atoms with E-state index in [1.165, 1.54) is 10.3 Å². The first-order valence-corrected chi connectivity index (χ1v) is 13.1. The van der Waals surface area contributed by atoms with Crippen molar-refractivity contribution in [3.8, 4) is 0 Å². The largest absolute Gasteiger partial charge is 0.361 e. The number of aliphatic imine (C=N–C) groups is 1. The van der Waals surface area contributed by atoms with Crippen molar-refractivity contribution in [3.05, 3.63) is 90.0 Å². The summed E-state index contributed by atoms with van der Waals surface area (Å²) in [5.41, 5.74) is 3.93. The Hall–Kier alpha value is -3.51. The molecule has 3 aromatic carbocycles. The lowest BCUT2D eigenvalue weighted by Crippen LogP contribution is -2.20. The van der Waals surface area contributed by atoms with Gasteiger partial charge in [0.1, 0.15) is 5.84 Å². The number of carbonyl (C=O) groups is 1. The molecule has 1 aromatic heterocycles. The molecule has 0 saturated carbocycles. The third-order valence-corrected chi connectivity index (χ3v) is 6.93. The zero-order valence-electron chi connectivity index (χ0n) is 20.3. The van der Waals surface area contributed by atoms with Crippen molar-refractivity contribution in [1.29, 1.82) is 0 Å². The lowest BCUT2D eigenvalue weighted by atomic mass is 10.1. The number of benzene rings is 3. The second-order valence-electron chi connectivity index (χ2n) is 8.50. The number of nitrogens with one attached hydrogen (secondary N) is 2. The number of rotatable bonds is 11. The molecule has 180 valence electrons. The van der Waals surface area contributed by atoms with Gasteiger partial charge in [-0.05, 0) is 49.1 Å². The average molecular weight is 485 g/mol. The highest BCUT2D eigenvalue weighted by atomic mass is 32.1. The average Bonchev–Trinajstić information content (AvgIpc) is 3.31. The van der Waals surface area contributed by atoms with Crippen LogP contribution in [0.5, 0.6) is 0 Å². The number of ketones is 1. The summed E-state index contributed by atoms with van der Waals surface area (Å²) in [6, 6.07) is 26.2. The SMILES string of the molecule is CCC(CC)N=C(CC(=O)c1ccccc1)Nc1ccc(CCNc2nc3ccccc3s2)cc1. The molecular formula is C29H32N4OS. The van der Waals surface area contributed by atoms with Crippen molar-refractivity contribution < 1.29 is 4.79 Å². The maximum Gasteiger partial charge on any atom is 0.183 e. The van der Waals surface area contributed by atoms with Gasteiger partial charge in [0.25, 0.3) is 0 Å². The minimum absolute atomic E-state index is 0.0698. The fraction of sp³-hybridized carbons (Fsp3) is 0.276. The molecule has 4 rings (SSSR count). The first kappa shape index (κ1) is 24.6. The van der Waals surface area contributed by atoms with Gasteiger partial charge >= 0.3 is 0 Å². The van der Waals surface area contributed by atoms with E-state index in [0.717, 1.165) is 48.0 Å². The van der Waals surface area contributed by atoms with Crippen LogP contribution >= 0.6 is 11.3 Å². The molecule has 0 aliphatic heterocycles. The van der Waals surface area contributed by atoms with E-state index in [1.54, 1.807) is 11.3 Å². The predicted octanol–water partition coefficient (Wildman–Crippen LogP) is 7.22. The van der Waals surface area contributed by atoms with Gasteiger partial charge in [-0.2, -0.15) is 0 Å². The van der Waals surface area contributed by atoms with Gasteiger partial charge in [-0.3, -0.25) is 9.79 Å². The zero-order valence-corrected chi connectivity index (χ0v) is 21.1. The Labute approximate surface area is 211 Å². The molecule has 5 nitrogen and oxygen atoms in total. The van der Waals surface area contributed by atoms with Gasteiger partial charge < -0.3 is 10.6 Å². The maximum atomic E-state index is 12.8. The van der Waals surface area contributed by atoms with Gasteiger partial charge in [0, 0.05) is 17.8 Å². The van der Waals surface area contributed by atoms with Crippen LogP contribution in [-0.4, -0.2) is 29.2 Å². The number of anilines is 2. The zero-order chi connectivity index (χ0) is 24.5. The summed E-state index contributed by atoms with van der Waals surface area (Å²) in [6.45, 7) is 5.08. The molecule has 0 fully saturated rings. The third-order valence-electron chi connectivity index (χ3n) is 5.93. The second-order valence-corrected chi connectivity index (χ2v) is 9.53. The Balaban J connectivity index is 1.36. The van der Waals surface area contributed by atoms with Crippen molar-refractivity contribution in [2.24, 2.45) is 4.99 Å².